The van der Waals surface area contributed by atoms with E-state index >= 15 is 0 Å². The number of rotatable bonds is 5. The Balaban J connectivity index is 2.17. The summed E-state index contributed by atoms with van der Waals surface area (Å²) in [4.78, 5) is 0.995. The molecular weight excluding hydrogens is 288 g/mol. The molecule has 0 aliphatic rings. The minimum atomic E-state index is -3.46. The van der Waals surface area contributed by atoms with Crippen LogP contribution >= 0.6 is 22.7 Å². The monoisotopic (exact) mass is 302 g/mol. The molecule has 0 spiro atoms. The molecule has 0 fully saturated rings. The van der Waals surface area contributed by atoms with Gasteiger partial charge >= 0.3 is 0 Å². The standard InChI is InChI=1S/C11H14N2O2S3/c1-8(10-3-2-4-16-10)13-18(14,15)11-5-9(6-12)7-17-11/h2-5,7-8,13H,6,12H2,1H3. The van der Waals surface area contributed by atoms with Gasteiger partial charge in [0.25, 0.3) is 10.0 Å². The highest BCUT2D eigenvalue weighted by molar-refractivity contribution is 7.91. The second kappa shape index (κ2) is 5.50. The Morgan fingerprint density at radius 3 is 2.78 bits per heavy atom. The van der Waals surface area contributed by atoms with Crippen LogP contribution in [0.4, 0.5) is 0 Å². The zero-order valence-corrected chi connectivity index (χ0v) is 12.2. The third-order valence-electron chi connectivity index (χ3n) is 2.43. The van der Waals surface area contributed by atoms with Crippen molar-refractivity contribution in [3.05, 3.63) is 39.4 Å². The van der Waals surface area contributed by atoms with Crippen LogP contribution in [0.15, 0.2) is 33.2 Å². The van der Waals surface area contributed by atoms with E-state index in [1.54, 1.807) is 11.4 Å². The van der Waals surface area contributed by atoms with Gasteiger partial charge in [0.15, 0.2) is 0 Å². The highest BCUT2D eigenvalue weighted by Gasteiger charge is 2.20. The maximum absolute atomic E-state index is 12.1. The first-order chi connectivity index (χ1) is 8.53. The van der Waals surface area contributed by atoms with Crippen LogP contribution in [0.2, 0.25) is 0 Å². The minimum Gasteiger partial charge on any atom is -0.326 e. The van der Waals surface area contributed by atoms with Gasteiger partial charge in [-0.3, -0.25) is 0 Å². The molecule has 1 atom stereocenters. The molecular formula is C11H14N2O2S3. The average molecular weight is 302 g/mol. The summed E-state index contributed by atoms with van der Waals surface area (Å²) in [5.41, 5.74) is 6.32. The predicted molar refractivity (Wildman–Crippen MR) is 75.3 cm³/mol. The van der Waals surface area contributed by atoms with Crippen LogP contribution in [0, 0.1) is 0 Å². The van der Waals surface area contributed by atoms with Gasteiger partial charge in [0.1, 0.15) is 4.21 Å². The van der Waals surface area contributed by atoms with Crippen molar-refractivity contribution in [2.75, 3.05) is 0 Å². The summed E-state index contributed by atoms with van der Waals surface area (Å²) >= 11 is 2.73. The van der Waals surface area contributed by atoms with Crippen molar-refractivity contribution < 1.29 is 8.42 Å². The molecule has 18 heavy (non-hydrogen) atoms. The molecule has 2 rings (SSSR count). The Bertz CT molecular complexity index is 602. The smallest absolute Gasteiger partial charge is 0.250 e. The second-order valence-electron chi connectivity index (χ2n) is 3.84. The van der Waals surface area contributed by atoms with Crippen molar-refractivity contribution in [3.8, 4) is 0 Å². The van der Waals surface area contributed by atoms with Crippen molar-refractivity contribution in [3.63, 3.8) is 0 Å². The maximum atomic E-state index is 12.1. The van der Waals surface area contributed by atoms with Gasteiger partial charge in [-0.15, -0.1) is 22.7 Å². The first-order valence-corrected chi connectivity index (χ1v) is 8.60. The van der Waals surface area contributed by atoms with Crippen LogP contribution in [-0.4, -0.2) is 8.42 Å². The van der Waals surface area contributed by atoms with E-state index in [-0.39, 0.29) is 6.04 Å². The van der Waals surface area contributed by atoms with Gasteiger partial charge < -0.3 is 5.73 Å². The summed E-state index contributed by atoms with van der Waals surface area (Å²) < 4.78 is 27.2. The average Bonchev–Trinajstić information content (AvgIpc) is 3.00. The molecule has 0 radical (unpaired) electrons. The molecule has 7 heteroatoms. The third-order valence-corrected chi connectivity index (χ3v) is 6.52. The summed E-state index contributed by atoms with van der Waals surface area (Å²) in [6.45, 7) is 2.19. The van der Waals surface area contributed by atoms with E-state index < -0.39 is 10.0 Å². The Morgan fingerprint density at radius 1 is 1.44 bits per heavy atom. The first kappa shape index (κ1) is 13.7. The van der Waals surface area contributed by atoms with Crippen LogP contribution in [0.3, 0.4) is 0 Å². The largest absolute Gasteiger partial charge is 0.326 e. The molecule has 2 aromatic rings. The van der Waals surface area contributed by atoms with E-state index in [9.17, 15) is 8.42 Å². The molecule has 0 aliphatic heterocycles. The lowest BCUT2D eigenvalue weighted by Gasteiger charge is -2.11. The van der Waals surface area contributed by atoms with Crippen LogP contribution < -0.4 is 10.5 Å². The van der Waals surface area contributed by atoms with E-state index in [1.807, 2.05) is 24.4 Å². The number of thiophene rings is 2. The molecule has 2 heterocycles. The van der Waals surface area contributed by atoms with Crippen molar-refractivity contribution in [2.45, 2.75) is 23.7 Å². The maximum Gasteiger partial charge on any atom is 0.250 e. The van der Waals surface area contributed by atoms with Gasteiger partial charge in [-0.25, -0.2) is 13.1 Å². The Labute approximate surface area is 115 Å². The minimum absolute atomic E-state index is 0.224. The van der Waals surface area contributed by atoms with Gasteiger partial charge in [0, 0.05) is 11.4 Å². The van der Waals surface area contributed by atoms with E-state index in [0.717, 1.165) is 10.4 Å². The van der Waals surface area contributed by atoms with Crippen LogP contribution in [0.5, 0.6) is 0 Å². The van der Waals surface area contributed by atoms with Crippen molar-refractivity contribution in [1.29, 1.82) is 0 Å². The van der Waals surface area contributed by atoms with Gasteiger partial charge in [-0.2, -0.15) is 0 Å². The Morgan fingerprint density at radius 2 is 2.22 bits per heavy atom. The highest BCUT2D eigenvalue weighted by atomic mass is 32.2. The molecule has 0 saturated heterocycles. The van der Waals surface area contributed by atoms with Crippen molar-refractivity contribution >= 4 is 32.7 Å². The second-order valence-corrected chi connectivity index (χ2v) is 7.67. The summed E-state index contributed by atoms with van der Waals surface area (Å²) in [6, 6.07) is 5.22. The fraction of sp³-hybridized carbons (Fsp3) is 0.273. The molecule has 0 aliphatic carbocycles. The Hall–Kier alpha value is -0.730. The lowest BCUT2D eigenvalue weighted by molar-refractivity contribution is 0.570. The zero-order valence-electron chi connectivity index (χ0n) is 9.79. The summed E-state index contributed by atoms with van der Waals surface area (Å²) in [6.07, 6.45) is 0. The zero-order chi connectivity index (χ0) is 13.2. The quantitative estimate of drug-likeness (QED) is 0.890. The summed E-state index contributed by atoms with van der Waals surface area (Å²) in [5, 5.41) is 3.70. The molecule has 0 aromatic carbocycles. The van der Waals surface area contributed by atoms with Gasteiger partial charge in [-0.1, -0.05) is 6.07 Å². The number of nitrogens with one attached hydrogen (secondary N) is 1. The molecule has 0 bridgehead atoms. The van der Waals surface area contributed by atoms with E-state index in [1.165, 1.54) is 22.7 Å². The van der Waals surface area contributed by atoms with E-state index in [4.69, 9.17) is 5.73 Å². The fourth-order valence-corrected chi connectivity index (χ4v) is 4.76. The summed E-state index contributed by atoms with van der Waals surface area (Å²) in [7, 11) is -3.46. The number of nitrogens with two attached hydrogens (primary N) is 1. The number of sulfonamides is 1. The molecule has 98 valence electrons. The molecule has 1 unspecified atom stereocenters. The normalized spacial score (nSPS) is 13.7. The van der Waals surface area contributed by atoms with Crippen LogP contribution in [0.25, 0.3) is 0 Å². The van der Waals surface area contributed by atoms with Crippen LogP contribution in [0.1, 0.15) is 23.4 Å². The molecule has 3 N–H and O–H groups in total. The molecule has 4 nitrogen and oxygen atoms in total. The van der Waals surface area contributed by atoms with Crippen molar-refractivity contribution in [1.82, 2.24) is 4.72 Å². The van der Waals surface area contributed by atoms with Crippen LogP contribution in [-0.2, 0) is 16.6 Å². The highest BCUT2D eigenvalue weighted by Crippen LogP contribution is 2.24. The Kier molecular flexibility index (Phi) is 4.18. The van der Waals surface area contributed by atoms with E-state index in [0.29, 0.717) is 10.8 Å². The van der Waals surface area contributed by atoms with E-state index in [2.05, 4.69) is 4.72 Å². The van der Waals surface area contributed by atoms with Crippen molar-refractivity contribution in [2.24, 2.45) is 5.73 Å². The first-order valence-electron chi connectivity index (χ1n) is 5.36. The molecule has 2 aromatic heterocycles. The molecule has 0 saturated carbocycles. The summed E-state index contributed by atoms with van der Waals surface area (Å²) in [5.74, 6) is 0. The number of hydrogen-bond acceptors (Lipinski definition) is 5. The lowest BCUT2D eigenvalue weighted by Crippen LogP contribution is -2.25. The lowest BCUT2D eigenvalue weighted by atomic mass is 10.3. The van der Waals surface area contributed by atoms with Gasteiger partial charge in [0.2, 0.25) is 0 Å². The number of hydrogen-bond donors (Lipinski definition) is 2. The fourth-order valence-electron chi connectivity index (χ4n) is 1.49. The topological polar surface area (TPSA) is 72.2 Å². The molecule has 0 amide bonds. The predicted octanol–water partition coefficient (Wildman–Crippen LogP) is 2.31. The van der Waals surface area contributed by atoms with Gasteiger partial charge in [0.05, 0.1) is 6.04 Å². The SMILES string of the molecule is CC(NS(=O)(=O)c1cc(CN)cs1)c1cccs1. The third kappa shape index (κ3) is 2.99. The van der Waals surface area contributed by atoms with Gasteiger partial charge in [-0.05, 0) is 35.4 Å².